The molecule has 1 aliphatic heterocycles. The minimum Gasteiger partial charge on any atom is -0.198 e. The van der Waals surface area contributed by atoms with Crippen LogP contribution in [0.3, 0.4) is 0 Å². The van der Waals surface area contributed by atoms with Crippen LogP contribution in [0.2, 0.25) is 0 Å². The molecule has 2 unspecified atom stereocenters. The van der Waals surface area contributed by atoms with Crippen molar-refractivity contribution in [2.75, 3.05) is 0 Å². The third-order valence-electron chi connectivity index (χ3n) is 12.5. The Kier molecular flexibility index (Phi) is 9.81. The van der Waals surface area contributed by atoms with Gasteiger partial charge in [-0.3, -0.25) is 0 Å². The van der Waals surface area contributed by atoms with Crippen molar-refractivity contribution >= 4 is 31.5 Å². The maximum atomic E-state index is 2.74. The van der Waals surface area contributed by atoms with Crippen LogP contribution in [0.4, 0.5) is 0 Å². The van der Waals surface area contributed by atoms with Crippen molar-refractivity contribution in [2.45, 2.75) is 104 Å². The number of unbranched alkanes of at least 4 members (excludes halogenated alkanes) is 1. The van der Waals surface area contributed by atoms with Crippen molar-refractivity contribution in [3.05, 3.63) is 144 Å². The second-order valence-corrected chi connectivity index (χ2v) is 16.6. The van der Waals surface area contributed by atoms with E-state index in [-0.39, 0.29) is 5.54 Å². The van der Waals surface area contributed by atoms with Crippen molar-refractivity contribution in [1.29, 1.82) is 0 Å². The number of thiophene rings is 1. The second-order valence-electron chi connectivity index (χ2n) is 15.6. The summed E-state index contributed by atoms with van der Waals surface area (Å²) in [6.45, 7) is 15.1. The molecule has 0 saturated carbocycles. The summed E-state index contributed by atoms with van der Waals surface area (Å²) in [5.41, 5.74) is 13.8. The van der Waals surface area contributed by atoms with Gasteiger partial charge < -0.3 is 0 Å². The average Bonchev–Trinajstić information content (AvgIpc) is 3.57. The van der Waals surface area contributed by atoms with Crippen LogP contribution in [0.1, 0.15) is 100 Å². The first kappa shape index (κ1) is 35.4. The number of rotatable bonds is 11. The largest absolute Gasteiger partial charge is 0.214 e. The predicted octanol–water partition coefficient (Wildman–Crippen LogP) is 13.2. The van der Waals surface area contributed by atoms with Gasteiger partial charge in [0.25, 0.3) is 0 Å². The van der Waals surface area contributed by atoms with Gasteiger partial charge in [0.1, 0.15) is 6.54 Å². The first-order valence-corrected chi connectivity index (χ1v) is 20.9. The number of nitrogens with zero attached hydrogens (tertiary/aromatic N) is 2. The van der Waals surface area contributed by atoms with Crippen molar-refractivity contribution in [1.82, 2.24) is 0 Å². The highest BCUT2D eigenvalue weighted by Gasteiger charge is 2.52. The van der Waals surface area contributed by atoms with Crippen LogP contribution in [0.25, 0.3) is 53.8 Å². The normalized spacial score (nSPS) is 15.4. The zero-order chi connectivity index (χ0) is 36.7. The highest BCUT2D eigenvalue weighted by Crippen LogP contribution is 2.49. The molecule has 268 valence electrons. The molecule has 0 fully saturated rings. The van der Waals surface area contributed by atoms with Gasteiger partial charge in [-0.25, -0.2) is 0 Å². The summed E-state index contributed by atoms with van der Waals surface area (Å²) in [5, 5.41) is 2.72. The molecule has 0 N–H and O–H groups in total. The molecule has 2 nitrogen and oxygen atoms in total. The third kappa shape index (κ3) is 6.11. The maximum Gasteiger partial charge on any atom is 0.214 e. The smallest absolute Gasteiger partial charge is 0.198 e. The van der Waals surface area contributed by atoms with Gasteiger partial charge in [0.05, 0.1) is 11.5 Å². The van der Waals surface area contributed by atoms with Crippen molar-refractivity contribution in [2.24, 2.45) is 0 Å². The Morgan fingerprint density at radius 2 is 1.49 bits per heavy atom. The number of aryl methyl sites for hydroxylation is 3. The molecular formula is C50H54N2S+2. The van der Waals surface area contributed by atoms with Gasteiger partial charge in [0.15, 0.2) is 17.9 Å². The zero-order valence-electron chi connectivity index (χ0n) is 32.5. The van der Waals surface area contributed by atoms with Gasteiger partial charge >= 0.3 is 0 Å². The molecular weight excluding hydrogens is 661 g/mol. The van der Waals surface area contributed by atoms with E-state index < -0.39 is 0 Å². The Labute approximate surface area is 320 Å². The van der Waals surface area contributed by atoms with E-state index in [1.807, 2.05) is 11.3 Å². The summed E-state index contributed by atoms with van der Waals surface area (Å²) >= 11 is 1.94. The monoisotopic (exact) mass is 714 g/mol. The fourth-order valence-electron chi connectivity index (χ4n) is 9.63. The van der Waals surface area contributed by atoms with Crippen LogP contribution in [-0.2, 0) is 12.1 Å². The lowest BCUT2D eigenvalue weighted by molar-refractivity contribution is -0.764. The number of fused-ring (bicyclic) bond motifs is 6. The molecule has 2 atom stereocenters. The Balaban J connectivity index is 1.27. The highest BCUT2D eigenvalue weighted by atomic mass is 32.1. The van der Waals surface area contributed by atoms with Crippen LogP contribution in [-0.4, -0.2) is 0 Å². The van der Waals surface area contributed by atoms with Gasteiger partial charge in [-0.2, -0.15) is 9.13 Å². The number of pyridine rings is 2. The van der Waals surface area contributed by atoms with Gasteiger partial charge in [-0.15, -0.1) is 11.3 Å². The predicted molar refractivity (Wildman–Crippen MR) is 226 cm³/mol. The summed E-state index contributed by atoms with van der Waals surface area (Å²) in [5.74, 6) is 0.851. The van der Waals surface area contributed by atoms with E-state index in [0.717, 1.165) is 25.8 Å². The van der Waals surface area contributed by atoms with Gasteiger partial charge in [0, 0.05) is 68.3 Å². The van der Waals surface area contributed by atoms with Crippen molar-refractivity contribution in [3.8, 4) is 33.6 Å². The van der Waals surface area contributed by atoms with E-state index in [1.165, 1.54) is 95.3 Å². The van der Waals surface area contributed by atoms with Crippen LogP contribution in [0.15, 0.2) is 122 Å². The highest BCUT2D eigenvalue weighted by molar-refractivity contribution is 7.26. The molecule has 1 aliphatic rings. The fourth-order valence-corrected chi connectivity index (χ4v) is 10.9. The second kappa shape index (κ2) is 14.7. The molecule has 0 amide bonds. The number of aromatic nitrogens is 2. The lowest BCUT2D eigenvalue weighted by Gasteiger charge is -2.40. The summed E-state index contributed by atoms with van der Waals surface area (Å²) in [6, 6.07) is 41.3. The van der Waals surface area contributed by atoms with Crippen LogP contribution >= 0.6 is 11.3 Å². The Morgan fingerprint density at radius 3 is 2.28 bits per heavy atom. The minimum atomic E-state index is -0.0512. The molecule has 53 heavy (non-hydrogen) atoms. The molecule has 4 aromatic carbocycles. The SMILES string of the molecule is CCCCC(C)c1cc2[n+](cc1-c1ccccc1)C(CC)(CC)C(CC[n+]1cc(C)ccc1-c1c(C)ccc3c1sc1ccccc13)c1ccccc1-2. The standard InChI is InChI=1S/C50H54N2S/c1-7-10-18-35(5)42-31-46-39-22-15-14-21-38(39)44(50(8-2,9-3)52(46)33-43(42)37-19-12-11-13-20-37)29-30-51-32-34(4)25-28-45(51)48-36(6)26-27-41-40-23-16-17-24-47(40)53-49(41)48/h11-17,19-28,31-33,35,44H,7-10,18,29-30H2,1-6H3/q+2. The van der Waals surface area contributed by atoms with Crippen LogP contribution in [0, 0.1) is 13.8 Å². The summed E-state index contributed by atoms with van der Waals surface area (Å²) < 4.78 is 8.07. The van der Waals surface area contributed by atoms with Gasteiger partial charge in [-0.05, 0) is 66.6 Å². The summed E-state index contributed by atoms with van der Waals surface area (Å²) in [7, 11) is 0. The molecule has 0 radical (unpaired) electrons. The molecule has 7 aromatic rings. The molecule has 0 spiro atoms. The van der Waals surface area contributed by atoms with E-state index in [0.29, 0.717) is 11.8 Å². The number of benzene rings is 4. The van der Waals surface area contributed by atoms with E-state index in [4.69, 9.17) is 0 Å². The van der Waals surface area contributed by atoms with E-state index in [9.17, 15) is 0 Å². The number of hydrogen-bond acceptors (Lipinski definition) is 1. The quantitative estimate of drug-likeness (QED) is 0.118. The van der Waals surface area contributed by atoms with E-state index in [1.54, 1.807) is 0 Å². The average molecular weight is 715 g/mol. The van der Waals surface area contributed by atoms with Crippen molar-refractivity contribution < 1.29 is 9.13 Å². The first-order chi connectivity index (χ1) is 25.9. The molecule has 0 bridgehead atoms. The van der Waals surface area contributed by atoms with Crippen molar-refractivity contribution in [3.63, 3.8) is 0 Å². The number of hydrogen-bond donors (Lipinski definition) is 0. The fraction of sp³-hybridized carbons (Fsp3) is 0.320. The summed E-state index contributed by atoms with van der Waals surface area (Å²) in [4.78, 5) is 0. The Bertz CT molecular complexity index is 2420. The van der Waals surface area contributed by atoms with Gasteiger partial charge in [0.2, 0.25) is 11.4 Å². The lowest BCUT2D eigenvalue weighted by Crippen LogP contribution is -2.62. The Morgan fingerprint density at radius 1 is 0.736 bits per heavy atom. The van der Waals surface area contributed by atoms with Gasteiger partial charge in [-0.1, -0.05) is 119 Å². The molecule has 3 heteroatoms. The third-order valence-corrected chi connectivity index (χ3v) is 13.7. The maximum absolute atomic E-state index is 2.74. The lowest BCUT2D eigenvalue weighted by atomic mass is 9.68. The van der Waals surface area contributed by atoms with Crippen LogP contribution < -0.4 is 9.13 Å². The molecule has 0 aliphatic carbocycles. The van der Waals surface area contributed by atoms with E-state index in [2.05, 4.69) is 172 Å². The van der Waals surface area contributed by atoms with Crippen LogP contribution in [0.5, 0.6) is 0 Å². The molecule has 0 saturated heterocycles. The van der Waals surface area contributed by atoms with E-state index >= 15 is 0 Å². The first-order valence-electron chi connectivity index (χ1n) is 20.0. The zero-order valence-corrected chi connectivity index (χ0v) is 33.3. The molecule has 3 aromatic heterocycles. The minimum absolute atomic E-state index is 0.0512. The summed E-state index contributed by atoms with van der Waals surface area (Å²) in [6.07, 6.45) is 11.9. The Hall–Kier alpha value is -4.60. The topological polar surface area (TPSA) is 7.76 Å². The molecule has 4 heterocycles. The molecule has 8 rings (SSSR count).